The van der Waals surface area contributed by atoms with Crippen molar-refractivity contribution in [1.29, 1.82) is 0 Å². The van der Waals surface area contributed by atoms with Gasteiger partial charge in [0.1, 0.15) is 29.3 Å². The fourth-order valence-electron chi connectivity index (χ4n) is 4.80. The number of rotatable bonds is 13. The van der Waals surface area contributed by atoms with E-state index in [0.717, 1.165) is 66.3 Å². The highest BCUT2D eigenvalue weighted by Gasteiger charge is 2.26. The molecule has 0 saturated carbocycles. The highest BCUT2D eigenvalue weighted by atomic mass is 16.5. The smallest absolute Gasteiger partial charge is 0.164 e. The van der Waals surface area contributed by atoms with Gasteiger partial charge in [-0.3, -0.25) is 0 Å². The molecule has 0 unspecified atom stereocenters. The van der Waals surface area contributed by atoms with Crippen molar-refractivity contribution in [2.24, 2.45) is 0 Å². The number of nitrogens with zero attached hydrogens (tertiary/aromatic N) is 5. The number of para-hydroxylation sites is 1. The van der Waals surface area contributed by atoms with E-state index >= 15 is 0 Å². The van der Waals surface area contributed by atoms with E-state index in [0.29, 0.717) is 38.9 Å². The van der Waals surface area contributed by atoms with Crippen molar-refractivity contribution in [3.8, 4) is 22.8 Å². The zero-order valence-electron chi connectivity index (χ0n) is 22.4. The van der Waals surface area contributed by atoms with Gasteiger partial charge in [0.25, 0.3) is 0 Å². The summed E-state index contributed by atoms with van der Waals surface area (Å²) in [6.45, 7) is 5.95. The summed E-state index contributed by atoms with van der Waals surface area (Å²) in [5, 5.41) is 5.82. The molecular weight excluding hydrogens is 496 g/mol. The molecule has 0 atom stereocenters. The molecule has 10 nitrogen and oxygen atoms in total. The summed E-state index contributed by atoms with van der Waals surface area (Å²) >= 11 is 0. The number of ether oxygens (including phenoxy) is 4. The minimum atomic E-state index is 0.239. The standard InChI is InChI=1S/C29H36N6O4/c1-36-17-18-38-20-19-37-16-15-34-13-11-23(12-14-34)35-29-26(28(30)31-21-32-29)27(33-35)22-7-9-25(10-8-22)39-24-5-3-2-4-6-24/h2-10,21,23H,11-20H2,1H3,(H2,30,31,32). The average molecular weight is 533 g/mol. The largest absolute Gasteiger partial charge is 0.457 e. The Morgan fingerprint density at radius 2 is 1.54 bits per heavy atom. The molecular formula is C29H36N6O4. The summed E-state index contributed by atoms with van der Waals surface area (Å²) in [4.78, 5) is 11.3. The predicted octanol–water partition coefficient (Wildman–Crippen LogP) is 4.18. The van der Waals surface area contributed by atoms with Gasteiger partial charge < -0.3 is 29.6 Å². The third kappa shape index (κ3) is 6.90. The quantitative estimate of drug-likeness (QED) is 0.254. The Bertz CT molecular complexity index is 1310. The minimum absolute atomic E-state index is 0.239. The second kappa shape index (κ2) is 13.5. The first-order valence-corrected chi connectivity index (χ1v) is 13.4. The lowest BCUT2D eigenvalue weighted by atomic mass is 10.1. The molecule has 0 radical (unpaired) electrons. The molecule has 4 aromatic rings. The number of fused-ring (bicyclic) bond motifs is 1. The number of methoxy groups -OCH3 is 1. The van der Waals surface area contributed by atoms with Crippen molar-refractivity contribution in [3.63, 3.8) is 0 Å². The Kier molecular flexibility index (Phi) is 9.34. The van der Waals surface area contributed by atoms with E-state index < -0.39 is 0 Å². The van der Waals surface area contributed by atoms with Gasteiger partial charge >= 0.3 is 0 Å². The van der Waals surface area contributed by atoms with Crippen molar-refractivity contribution in [2.75, 3.05) is 65.5 Å². The topological polar surface area (TPSA) is 110 Å². The highest BCUT2D eigenvalue weighted by molar-refractivity contribution is 5.98. The molecule has 1 aliphatic rings. The first-order valence-electron chi connectivity index (χ1n) is 13.4. The minimum Gasteiger partial charge on any atom is -0.457 e. The molecule has 3 heterocycles. The van der Waals surface area contributed by atoms with Gasteiger partial charge in [-0.05, 0) is 49.2 Å². The van der Waals surface area contributed by atoms with E-state index in [1.807, 2.05) is 59.3 Å². The van der Waals surface area contributed by atoms with E-state index in [1.54, 1.807) is 7.11 Å². The van der Waals surface area contributed by atoms with Crippen molar-refractivity contribution >= 4 is 16.9 Å². The van der Waals surface area contributed by atoms with Gasteiger partial charge in [-0.1, -0.05) is 18.2 Å². The number of hydrogen-bond acceptors (Lipinski definition) is 9. The van der Waals surface area contributed by atoms with Crippen molar-refractivity contribution in [2.45, 2.75) is 18.9 Å². The first kappa shape index (κ1) is 27.0. The second-order valence-corrected chi connectivity index (χ2v) is 9.48. The van der Waals surface area contributed by atoms with Crippen LogP contribution in [0.1, 0.15) is 18.9 Å². The van der Waals surface area contributed by atoms with Crippen LogP contribution in [-0.2, 0) is 14.2 Å². The maximum Gasteiger partial charge on any atom is 0.164 e. The Labute approximate surface area is 228 Å². The molecule has 2 N–H and O–H groups in total. The zero-order valence-corrected chi connectivity index (χ0v) is 22.4. The number of aromatic nitrogens is 4. The summed E-state index contributed by atoms with van der Waals surface area (Å²) < 4.78 is 24.1. The summed E-state index contributed by atoms with van der Waals surface area (Å²) in [5.74, 6) is 1.99. The summed E-state index contributed by atoms with van der Waals surface area (Å²) in [5.41, 5.74) is 8.85. The van der Waals surface area contributed by atoms with E-state index in [2.05, 4.69) is 14.9 Å². The molecule has 5 rings (SSSR count). The third-order valence-electron chi connectivity index (χ3n) is 6.88. The van der Waals surface area contributed by atoms with Crippen LogP contribution in [-0.4, -0.2) is 84.4 Å². The van der Waals surface area contributed by atoms with Crippen LogP contribution < -0.4 is 10.5 Å². The van der Waals surface area contributed by atoms with E-state index in [4.69, 9.17) is 29.8 Å². The fraction of sp³-hybridized carbons (Fsp3) is 0.414. The molecule has 1 fully saturated rings. The molecule has 10 heteroatoms. The number of piperidine rings is 1. The van der Waals surface area contributed by atoms with E-state index in [-0.39, 0.29) is 6.04 Å². The van der Waals surface area contributed by atoms with Gasteiger partial charge in [0.15, 0.2) is 5.65 Å². The number of benzene rings is 2. The zero-order chi connectivity index (χ0) is 26.9. The van der Waals surface area contributed by atoms with Crippen LogP contribution in [0.25, 0.3) is 22.3 Å². The van der Waals surface area contributed by atoms with Crippen molar-refractivity contribution in [1.82, 2.24) is 24.6 Å². The molecule has 2 aromatic heterocycles. The van der Waals surface area contributed by atoms with Crippen molar-refractivity contribution < 1.29 is 18.9 Å². The monoisotopic (exact) mass is 532 g/mol. The average Bonchev–Trinajstić information content (AvgIpc) is 3.37. The predicted molar refractivity (Wildman–Crippen MR) is 150 cm³/mol. The molecule has 0 amide bonds. The van der Waals surface area contributed by atoms with Gasteiger partial charge in [0.05, 0.1) is 44.5 Å². The van der Waals surface area contributed by atoms with Crippen LogP contribution in [0.5, 0.6) is 11.5 Å². The number of nitrogens with two attached hydrogens (primary N) is 1. The lowest BCUT2D eigenvalue weighted by Crippen LogP contribution is -2.37. The van der Waals surface area contributed by atoms with Gasteiger partial charge in [0.2, 0.25) is 0 Å². The first-order chi connectivity index (χ1) is 19.2. The number of anilines is 1. The van der Waals surface area contributed by atoms with Crippen LogP contribution in [0.4, 0.5) is 5.82 Å². The van der Waals surface area contributed by atoms with Crippen LogP contribution in [0.2, 0.25) is 0 Å². The van der Waals surface area contributed by atoms with Crippen LogP contribution in [0.3, 0.4) is 0 Å². The molecule has 0 aliphatic carbocycles. The normalized spacial score (nSPS) is 14.7. The van der Waals surface area contributed by atoms with E-state index in [9.17, 15) is 0 Å². The Morgan fingerprint density at radius 1 is 0.846 bits per heavy atom. The maximum absolute atomic E-state index is 6.34. The lowest BCUT2D eigenvalue weighted by molar-refractivity contribution is 0.0174. The Morgan fingerprint density at radius 3 is 2.28 bits per heavy atom. The van der Waals surface area contributed by atoms with E-state index in [1.165, 1.54) is 6.33 Å². The number of nitrogen functional groups attached to an aromatic ring is 1. The fourth-order valence-corrected chi connectivity index (χ4v) is 4.80. The van der Waals surface area contributed by atoms with Gasteiger partial charge in [-0.2, -0.15) is 5.10 Å². The second-order valence-electron chi connectivity index (χ2n) is 9.48. The van der Waals surface area contributed by atoms with Crippen LogP contribution >= 0.6 is 0 Å². The Hall–Kier alpha value is -3.57. The lowest BCUT2D eigenvalue weighted by Gasteiger charge is -2.32. The molecule has 0 bridgehead atoms. The molecule has 2 aromatic carbocycles. The highest BCUT2D eigenvalue weighted by Crippen LogP contribution is 2.35. The molecule has 1 aliphatic heterocycles. The van der Waals surface area contributed by atoms with Crippen molar-refractivity contribution in [3.05, 3.63) is 60.9 Å². The van der Waals surface area contributed by atoms with Crippen LogP contribution in [0.15, 0.2) is 60.9 Å². The molecule has 39 heavy (non-hydrogen) atoms. The number of hydrogen-bond donors (Lipinski definition) is 1. The SMILES string of the molecule is COCCOCCOCCN1CCC(n2nc(-c3ccc(Oc4ccccc4)cc3)c3c(N)ncnc32)CC1. The maximum atomic E-state index is 6.34. The molecule has 1 saturated heterocycles. The van der Waals surface area contributed by atoms with Gasteiger partial charge in [0, 0.05) is 32.3 Å². The van der Waals surface area contributed by atoms with Gasteiger partial charge in [-0.25, -0.2) is 14.6 Å². The number of likely N-dealkylation sites (tertiary alicyclic amines) is 1. The summed E-state index contributed by atoms with van der Waals surface area (Å²) in [6.07, 6.45) is 3.47. The molecule has 206 valence electrons. The molecule has 0 spiro atoms. The Balaban J connectivity index is 1.21. The summed E-state index contributed by atoms with van der Waals surface area (Å²) in [7, 11) is 1.67. The summed E-state index contributed by atoms with van der Waals surface area (Å²) in [6, 6.07) is 17.9. The van der Waals surface area contributed by atoms with Crippen LogP contribution in [0, 0.1) is 0 Å². The van der Waals surface area contributed by atoms with Gasteiger partial charge in [-0.15, -0.1) is 0 Å². The third-order valence-corrected chi connectivity index (χ3v) is 6.88.